The third kappa shape index (κ3) is 1.67. The van der Waals surface area contributed by atoms with Crippen molar-refractivity contribution < 1.29 is 19.4 Å². The molecular formula is C23H26ClNO4. The highest BCUT2D eigenvalue weighted by Crippen LogP contribution is 2.78. The van der Waals surface area contributed by atoms with Crippen LogP contribution in [0.15, 0.2) is 23.2 Å². The molecule has 4 aliphatic carbocycles. The predicted octanol–water partition coefficient (Wildman–Crippen LogP) is 3.36. The van der Waals surface area contributed by atoms with Gasteiger partial charge in [-0.3, -0.25) is 4.79 Å². The van der Waals surface area contributed by atoms with E-state index < -0.39 is 16.4 Å². The van der Waals surface area contributed by atoms with Gasteiger partial charge in [-0.15, -0.1) is 0 Å². The number of likely N-dealkylation sites (N-methyl/N-ethyl adjacent to an activating group) is 1. The number of aromatic hydroxyl groups is 1. The Balaban J connectivity index is 1.73. The van der Waals surface area contributed by atoms with Crippen molar-refractivity contribution in [3.05, 3.63) is 34.4 Å². The standard InChI is InChI=1S/C23H26ClNO4/c1-4-28-20(27)14-10-13-15(24)11-22(14)17-9-12-5-6-16(26)19-18(12)23(22,7-8-25(17)3)21(13,2)29-19/h5-6,11,13-14,17,26H,4,7-10H2,1-3H3/t13-,14-,17-,21+,22+,23+/m1/s1. The molecule has 0 aromatic heterocycles. The summed E-state index contributed by atoms with van der Waals surface area (Å²) in [4.78, 5) is 15.7. The number of nitrogens with zero attached hydrogens (tertiary/aromatic N) is 1. The van der Waals surface area contributed by atoms with Crippen LogP contribution in [0.1, 0.15) is 37.8 Å². The maximum absolute atomic E-state index is 13.3. The van der Waals surface area contributed by atoms with Crippen LogP contribution in [0.5, 0.6) is 11.5 Å². The maximum atomic E-state index is 13.3. The van der Waals surface area contributed by atoms with Crippen LogP contribution in [0.25, 0.3) is 0 Å². The molecule has 0 unspecified atom stereocenters. The number of phenols is 1. The van der Waals surface area contributed by atoms with Crippen molar-refractivity contribution in [2.75, 3.05) is 20.2 Å². The summed E-state index contributed by atoms with van der Waals surface area (Å²) in [7, 11) is 2.15. The van der Waals surface area contributed by atoms with E-state index in [1.807, 2.05) is 13.0 Å². The van der Waals surface area contributed by atoms with Crippen LogP contribution in [-0.2, 0) is 21.4 Å². The quantitative estimate of drug-likeness (QED) is 0.750. The molecule has 2 aliphatic heterocycles. The Morgan fingerprint density at radius 3 is 3.00 bits per heavy atom. The second-order valence-corrected chi connectivity index (χ2v) is 10.0. The molecule has 2 fully saturated rings. The summed E-state index contributed by atoms with van der Waals surface area (Å²) < 4.78 is 12.3. The molecular weight excluding hydrogens is 390 g/mol. The van der Waals surface area contributed by atoms with Gasteiger partial charge in [0, 0.05) is 28.0 Å². The largest absolute Gasteiger partial charge is 0.504 e. The fraction of sp³-hybridized carbons (Fsp3) is 0.609. The fourth-order valence-corrected chi connectivity index (χ4v) is 8.41. The molecule has 5 nitrogen and oxygen atoms in total. The average Bonchev–Trinajstić information content (AvgIpc) is 2.96. The van der Waals surface area contributed by atoms with Gasteiger partial charge in [0.05, 0.1) is 17.9 Å². The smallest absolute Gasteiger partial charge is 0.309 e. The molecule has 6 atom stereocenters. The third-order valence-electron chi connectivity index (χ3n) is 8.88. The molecule has 1 aromatic carbocycles. The zero-order chi connectivity index (χ0) is 20.3. The summed E-state index contributed by atoms with van der Waals surface area (Å²) in [5.41, 5.74) is 0.862. The van der Waals surface area contributed by atoms with Gasteiger partial charge >= 0.3 is 5.97 Å². The zero-order valence-electron chi connectivity index (χ0n) is 17.0. The van der Waals surface area contributed by atoms with Crippen LogP contribution in [0.2, 0.25) is 0 Å². The first-order valence-corrected chi connectivity index (χ1v) is 11.0. The van der Waals surface area contributed by atoms with Crippen LogP contribution < -0.4 is 4.74 Å². The molecule has 6 aliphatic rings. The number of carbonyl (C=O) groups excluding carboxylic acids is 1. The number of fused-ring (bicyclic) bond motifs is 1. The first-order valence-electron chi connectivity index (χ1n) is 10.6. The summed E-state index contributed by atoms with van der Waals surface area (Å²) in [6, 6.07) is 3.92. The molecule has 1 saturated heterocycles. The molecule has 0 amide bonds. The summed E-state index contributed by atoms with van der Waals surface area (Å²) in [5.74, 6) is 0.302. The summed E-state index contributed by atoms with van der Waals surface area (Å²) >= 11 is 6.89. The second-order valence-electron chi connectivity index (χ2n) is 9.57. The van der Waals surface area contributed by atoms with E-state index in [2.05, 4.69) is 24.9 Å². The predicted molar refractivity (Wildman–Crippen MR) is 108 cm³/mol. The molecule has 154 valence electrons. The van der Waals surface area contributed by atoms with Crippen molar-refractivity contribution in [2.24, 2.45) is 17.3 Å². The average molecular weight is 416 g/mol. The van der Waals surface area contributed by atoms with Gasteiger partial charge < -0.3 is 19.5 Å². The van der Waals surface area contributed by atoms with E-state index in [-0.39, 0.29) is 29.6 Å². The lowest BCUT2D eigenvalue weighted by Gasteiger charge is -2.72. The number of halogens is 1. The minimum Gasteiger partial charge on any atom is -0.504 e. The topological polar surface area (TPSA) is 59.0 Å². The van der Waals surface area contributed by atoms with E-state index in [0.717, 1.165) is 30.0 Å². The van der Waals surface area contributed by atoms with Gasteiger partial charge in [-0.25, -0.2) is 0 Å². The number of benzene rings is 1. The minimum absolute atomic E-state index is 0.0951. The molecule has 2 spiro atoms. The number of esters is 1. The molecule has 1 saturated carbocycles. The van der Waals surface area contributed by atoms with E-state index in [1.165, 1.54) is 5.56 Å². The Kier molecular flexibility index (Phi) is 3.31. The van der Waals surface area contributed by atoms with Crippen molar-refractivity contribution >= 4 is 17.6 Å². The van der Waals surface area contributed by atoms with Crippen LogP contribution in [0.3, 0.4) is 0 Å². The molecule has 1 N–H and O–H groups in total. The Bertz CT molecular complexity index is 991. The minimum atomic E-state index is -0.586. The van der Waals surface area contributed by atoms with Gasteiger partial charge in [0.1, 0.15) is 5.60 Å². The van der Waals surface area contributed by atoms with Gasteiger partial charge in [0.25, 0.3) is 0 Å². The molecule has 7 rings (SSSR count). The van der Waals surface area contributed by atoms with Crippen molar-refractivity contribution in [3.8, 4) is 11.5 Å². The molecule has 0 radical (unpaired) electrons. The second kappa shape index (κ2) is 5.30. The normalized spacial score (nSPS) is 43.4. The van der Waals surface area contributed by atoms with Crippen molar-refractivity contribution in [1.29, 1.82) is 0 Å². The van der Waals surface area contributed by atoms with Gasteiger partial charge in [0.2, 0.25) is 0 Å². The summed E-state index contributed by atoms with van der Waals surface area (Å²) in [5, 5.41) is 11.5. The Labute approximate surface area is 175 Å². The molecule has 4 bridgehead atoms. The maximum Gasteiger partial charge on any atom is 0.309 e. The number of likely N-dealkylation sites (tertiary alicyclic amines) is 1. The van der Waals surface area contributed by atoms with Crippen molar-refractivity contribution in [2.45, 2.75) is 50.2 Å². The zero-order valence-corrected chi connectivity index (χ0v) is 17.8. The van der Waals surface area contributed by atoms with Crippen LogP contribution >= 0.6 is 11.6 Å². The number of piperidine rings is 1. The Morgan fingerprint density at radius 1 is 1.45 bits per heavy atom. The van der Waals surface area contributed by atoms with Gasteiger partial charge in [-0.05, 0) is 58.3 Å². The lowest BCUT2D eigenvalue weighted by atomic mass is 9.33. The van der Waals surface area contributed by atoms with E-state index in [9.17, 15) is 9.90 Å². The van der Waals surface area contributed by atoms with Crippen molar-refractivity contribution in [1.82, 2.24) is 4.90 Å². The number of rotatable bonds is 2. The van der Waals surface area contributed by atoms with Crippen LogP contribution in [0, 0.1) is 17.3 Å². The molecule has 6 heteroatoms. The Hall–Kier alpha value is -1.72. The molecule has 2 heterocycles. The Morgan fingerprint density at radius 2 is 2.24 bits per heavy atom. The summed E-state index contributed by atoms with van der Waals surface area (Å²) in [6.07, 6.45) is 4.49. The van der Waals surface area contributed by atoms with Gasteiger partial charge in [-0.1, -0.05) is 23.7 Å². The van der Waals surface area contributed by atoms with E-state index >= 15 is 0 Å². The van der Waals surface area contributed by atoms with E-state index in [1.54, 1.807) is 6.07 Å². The lowest BCUT2D eigenvalue weighted by Crippen LogP contribution is -2.80. The number of ether oxygens (including phenoxy) is 2. The number of phenolic OH excluding ortho intramolecular Hbond substituents is 1. The number of hydrogen-bond donors (Lipinski definition) is 1. The number of carbonyl (C=O) groups is 1. The first kappa shape index (κ1) is 18.1. The van der Waals surface area contributed by atoms with E-state index in [4.69, 9.17) is 21.1 Å². The van der Waals surface area contributed by atoms with Gasteiger partial charge in [-0.2, -0.15) is 0 Å². The third-order valence-corrected chi connectivity index (χ3v) is 9.25. The highest BCUT2D eigenvalue weighted by atomic mass is 35.5. The van der Waals surface area contributed by atoms with Crippen LogP contribution in [-0.4, -0.2) is 47.8 Å². The van der Waals surface area contributed by atoms with Crippen molar-refractivity contribution in [3.63, 3.8) is 0 Å². The summed E-state index contributed by atoms with van der Waals surface area (Å²) in [6.45, 7) is 5.31. The molecule has 29 heavy (non-hydrogen) atoms. The number of hydrogen-bond acceptors (Lipinski definition) is 5. The molecule has 1 aromatic rings. The highest BCUT2D eigenvalue weighted by Gasteiger charge is 2.82. The fourth-order valence-electron chi connectivity index (χ4n) is 7.93. The lowest BCUT2D eigenvalue weighted by molar-refractivity contribution is -0.205. The highest BCUT2D eigenvalue weighted by molar-refractivity contribution is 6.30. The van der Waals surface area contributed by atoms with E-state index in [0.29, 0.717) is 18.8 Å². The first-order chi connectivity index (χ1) is 13.8. The van der Waals surface area contributed by atoms with Gasteiger partial charge in [0.15, 0.2) is 11.5 Å². The van der Waals surface area contributed by atoms with Crippen LogP contribution in [0.4, 0.5) is 0 Å². The monoisotopic (exact) mass is 415 g/mol. The SMILES string of the molecule is CCOC(=O)[C@H]1C[C@@H]2C(Cl)=C[C@@]13[C@H]1Cc4ccc(O)c5c4[C@@]3(CCN1C)[C@@]2(C)O5.